The molecule has 22 heavy (non-hydrogen) atoms. The number of piperidine rings is 1. The van der Waals surface area contributed by atoms with Crippen molar-refractivity contribution in [1.29, 1.82) is 0 Å². The fourth-order valence-electron chi connectivity index (χ4n) is 2.63. The lowest BCUT2D eigenvalue weighted by molar-refractivity contribution is -0.137. The molecule has 4 nitrogen and oxygen atoms in total. The molecule has 1 aromatic heterocycles. The van der Waals surface area contributed by atoms with E-state index < -0.39 is 11.7 Å². The molecule has 1 fully saturated rings. The smallest absolute Gasteiger partial charge is 0.356 e. The number of pyridine rings is 1. The Morgan fingerprint density at radius 1 is 1.36 bits per heavy atom. The average Bonchev–Trinajstić information content (AvgIpc) is 2.46. The summed E-state index contributed by atoms with van der Waals surface area (Å²) in [6.07, 6.45) is -1.99. The van der Waals surface area contributed by atoms with Crippen LogP contribution in [0.25, 0.3) is 0 Å². The molecule has 7 heteroatoms. The molecule has 1 amide bonds. The Labute approximate surface area is 127 Å². The van der Waals surface area contributed by atoms with Gasteiger partial charge in [0.15, 0.2) is 0 Å². The first kappa shape index (κ1) is 16.6. The maximum Gasteiger partial charge on any atom is 0.419 e. The second-order valence-electron chi connectivity index (χ2n) is 5.80. The van der Waals surface area contributed by atoms with E-state index in [2.05, 4.69) is 10.3 Å². The molecule has 2 heterocycles. The Morgan fingerprint density at radius 2 is 2.00 bits per heavy atom. The van der Waals surface area contributed by atoms with Crippen LogP contribution in [0.1, 0.15) is 32.3 Å². The van der Waals surface area contributed by atoms with Gasteiger partial charge >= 0.3 is 6.18 Å². The summed E-state index contributed by atoms with van der Waals surface area (Å²) in [7, 11) is 0. The zero-order valence-electron chi connectivity index (χ0n) is 12.7. The number of alkyl halides is 3. The summed E-state index contributed by atoms with van der Waals surface area (Å²) in [4.78, 5) is 17.5. The number of amides is 1. The van der Waals surface area contributed by atoms with Crippen molar-refractivity contribution in [3.63, 3.8) is 0 Å². The summed E-state index contributed by atoms with van der Waals surface area (Å²) in [6.45, 7) is 4.57. The van der Waals surface area contributed by atoms with Crippen molar-refractivity contribution in [2.75, 3.05) is 18.0 Å². The van der Waals surface area contributed by atoms with Gasteiger partial charge in [-0.2, -0.15) is 13.2 Å². The summed E-state index contributed by atoms with van der Waals surface area (Å²) in [5, 5.41) is 2.85. The molecular formula is C15H20F3N3O. The van der Waals surface area contributed by atoms with E-state index in [4.69, 9.17) is 0 Å². The maximum absolute atomic E-state index is 13.0. The van der Waals surface area contributed by atoms with Gasteiger partial charge in [0.05, 0.1) is 5.56 Å². The standard InChI is InChI=1S/C15H20F3N3O/c1-10(2)20-14(22)11-5-8-21(9-6-11)13-12(15(16,17)18)4-3-7-19-13/h3-4,7,10-11H,5-6,8-9H2,1-2H3,(H,20,22). The summed E-state index contributed by atoms with van der Waals surface area (Å²) in [6, 6.07) is 2.40. The number of hydrogen-bond acceptors (Lipinski definition) is 3. The number of carbonyl (C=O) groups is 1. The SMILES string of the molecule is CC(C)NC(=O)C1CCN(c2ncccc2C(F)(F)F)CC1. The van der Waals surface area contributed by atoms with Crippen molar-refractivity contribution < 1.29 is 18.0 Å². The zero-order chi connectivity index (χ0) is 16.3. The van der Waals surface area contributed by atoms with Crippen LogP contribution in [0.3, 0.4) is 0 Å². The van der Waals surface area contributed by atoms with Crippen molar-refractivity contribution in [1.82, 2.24) is 10.3 Å². The minimum Gasteiger partial charge on any atom is -0.356 e. The molecule has 0 spiro atoms. The molecule has 0 unspecified atom stereocenters. The van der Waals surface area contributed by atoms with Gasteiger partial charge in [-0.25, -0.2) is 4.98 Å². The van der Waals surface area contributed by atoms with E-state index in [1.165, 1.54) is 12.3 Å². The zero-order valence-corrected chi connectivity index (χ0v) is 12.7. The lowest BCUT2D eigenvalue weighted by atomic mass is 9.95. The number of nitrogens with one attached hydrogen (secondary N) is 1. The van der Waals surface area contributed by atoms with Crippen LogP contribution in [0, 0.1) is 5.92 Å². The predicted molar refractivity (Wildman–Crippen MR) is 77.5 cm³/mol. The van der Waals surface area contributed by atoms with E-state index in [1.807, 2.05) is 13.8 Å². The van der Waals surface area contributed by atoms with Crippen molar-refractivity contribution >= 4 is 11.7 Å². The Morgan fingerprint density at radius 3 is 2.55 bits per heavy atom. The highest BCUT2D eigenvalue weighted by Crippen LogP contribution is 2.36. The van der Waals surface area contributed by atoms with E-state index in [-0.39, 0.29) is 23.7 Å². The van der Waals surface area contributed by atoms with Gasteiger partial charge in [-0.3, -0.25) is 4.79 Å². The van der Waals surface area contributed by atoms with Crippen LogP contribution >= 0.6 is 0 Å². The summed E-state index contributed by atoms with van der Waals surface area (Å²) in [5.41, 5.74) is -0.722. The number of rotatable bonds is 3. The van der Waals surface area contributed by atoms with E-state index in [0.29, 0.717) is 25.9 Å². The van der Waals surface area contributed by atoms with Crippen molar-refractivity contribution in [2.45, 2.75) is 38.9 Å². The third-order valence-corrected chi connectivity index (χ3v) is 3.69. The number of halogens is 3. The number of aromatic nitrogens is 1. The molecule has 1 N–H and O–H groups in total. The molecule has 122 valence electrons. The molecule has 1 saturated heterocycles. The third kappa shape index (κ3) is 3.90. The van der Waals surface area contributed by atoms with Crippen LogP contribution < -0.4 is 10.2 Å². The Balaban J connectivity index is 2.05. The first-order chi connectivity index (χ1) is 10.3. The normalized spacial score (nSPS) is 16.9. The molecule has 2 rings (SSSR count). The third-order valence-electron chi connectivity index (χ3n) is 3.69. The minimum atomic E-state index is -4.42. The van der Waals surface area contributed by atoms with Crippen LogP contribution in [-0.2, 0) is 11.0 Å². The molecule has 0 radical (unpaired) electrons. The molecule has 0 saturated carbocycles. The van der Waals surface area contributed by atoms with Gasteiger partial charge in [0, 0.05) is 31.2 Å². The van der Waals surface area contributed by atoms with Crippen LogP contribution in [-0.4, -0.2) is 30.0 Å². The lowest BCUT2D eigenvalue weighted by Crippen LogP contribution is -2.43. The summed E-state index contributed by atoms with van der Waals surface area (Å²) in [5.74, 6) is -0.207. The van der Waals surface area contributed by atoms with Crippen LogP contribution in [0.5, 0.6) is 0 Å². The van der Waals surface area contributed by atoms with Crippen molar-refractivity contribution in [2.24, 2.45) is 5.92 Å². The fraction of sp³-hybridized carbons (Fsp3) is 0.600. The second kappa shape index (κ2) is 6.54. The van der Waals surface area contributed by atoms with Gasteiger partial charge in [-0.15, -0.1) is 0 Å². The van der Waals surface area contributed by atoms with Crippen LogP contribution in [0.15, 0.2) is 18.3 Å². The van der Waals surface area contributed by atoms with Gasteiger partial charge in [0.2, 0.25) is 5.91 Å². The van der Waals surface area contributed by atoms with Crippen LogP contribution in [0.4, 0.5) is 19.0 Å². The largest absolute Gasteiger partial charge is 0.419 e. The quantitative estimate of drug-likeness (QED) is 0.933. The highest BCUT2D eigenvalue weighted by molar-refractivity contribution is 5.79. The summed E-state index contributed by atoms with van der Waals surface area (Å²) < 4.78 is 39.1. The number of nitrogens with zero attached hydrogens (tertiary/aromatic N) is 2. The Kier molecular flexibility index (Phi) is 4.93. The molecule has 0 atom stereocenters. The van der Waals surface area contributed by atoms with Crippen LogP contribution in [0.2, 0.25) is 0 Å². The summed E-state index contributed by atoms with van der Waals surface area (Å²) >= 11 is 0. The first-order valence-corrected chi connectivity index (χ1v) is 7.36. The van der Waals surface area contributed by atoms with Gasteiger partial charge in [-0.05, 0) is 38.8 Å². The first-order valence-electron chi connectivity index (χ1n) is 7.36. The van der Waals surface area contributed by atoms with Gasteiger partial charge in [-0.1, -0.05) is 0 Å². The highest BCUT2D eigenvalue weighted by atomic mass is 19.4. The fourth-order valence-corrected chi connectivity index (χ4v) is 2.63. The molecular weight excluding hydrogens is 295 g/mol. The Hall–Kier alpha value is -1.79. The molecule has 1 aliphatic heterocycles. The number of hydrogen-bond donors (Lipinski definition) is 1. The molecule has 1 aliphatic rings. The minimum absolute atomic E-state index is 0.0216. The van der Waals surface area contributed by atoms with E-state index in [9.17, 15) is 18.0 Å². The number of anilines is 1. The predicted octanol–water partition coefficient (Wildman–Crippen LogP) is 2.84. The van der Waals surface area contributed by atoms with E-state index >= 15 is 0 Å². The highest BCUT2D eigenvalue weighted by Gasteiger charge is 2.36. The molecule has 0 aliphatic carbocycles. The van der Waals surface area contributed by atoms with Gasteiger partial charge in [0.25, 0.3) is 0 Å². The monoisotopic (exact) mass is 315 g/mol. The topological polar surface area (TPSA) is 45.2 Å². The average molecular weight is 315 g/mol. The second-order valence-corrected chi connectivity index (χ2v) is 5.80. The lowest BCUT2D eigenvalue weighted by Gasteiger charge is -2.33. The van der Waals surface area contributed by atoms with Gasteiger partial charge in [0.1, 0.15) is 5.82 Å². The molecule has 0 bridgehead atoms. The van der Waals surface area contributed by atoms with Crippen molar-refractivity contribution in [3.05, 3.63) is 23.9 Å². The van der Waals surface area contributed by atoms with Crippen molar-refractivity contribution in [3.8, 4) is 0 Å². The number of carbonyl (C=O) groups excluding carboxylic acids is 1. The maximum atomic E-state index is 13.0. The molecule has 1 aromatic rings. The van der Waals surface area contributed by atoms with Gasteiger partial charge < -0.3 is 10.2 Å². The van der Waals surface area contributed by atoms with E-state index in [0.717, 1.165) is 6.07 Å². The Bertz CT molecular complexity index is 523. The van der Waals surface area contributed by atoms with E-state index in [1.54, 1.807) is 4.90 Å². The molecule has 0 aromatic carbocycles.